The molecule has 12 heavy (non-hydrogen) atoms. The summed E-state index contributed by atoms with van der Waals surface area (Å²) in [5, 5.41) is 11.5. The smallest absolute Gasteiger partial charge is 0.243 e. The second-order valence-electron chi connectivity index (χ2n) is 3.44. The lowest BCUT2D eigenvalue weighted by atomic mass is 10.0. The minimum atomic E-state index is -0.505. The molecular weight excluding hydrogens is 154 g/mol. The van der Waals surface area contributed by atoms with Gasteiger partial charge in [-0.25, -0.2) is 0 Å². The van der Waals surface area contributed by atoms with Crippen LogP contribution in [0.5, 0.6) is 0 Å². The van der Waals surface area contributed by atoms with Gasteiger partial charge in [-0.15, -0.1) is 0 Å². The average molecular weight is 167 g/mol. The predicted octanol–water partition coefficient (Wildman–Crippen LogP) is -0.280. The van der Waals surface area contributed by atoms with Gasteiger partial charge in [0.1, 0.15) is 6.54 Å². The Hall–Kier alpha value is -1.08. The van der Waals surface area contributed by atoms with E-state index >= 15 is 0 Å². The van der Waals surface area contributed by atoms with Crippen LogP contribution in [0.2, 0.25) is 0 Å². The summed E-state index contributed by atoms with van der Waals surface area (Å²) in [4.78, 5) is 13.1. The number of nitrogens with one attached hydrogen (secondary N) is 1. The lowest BCUT2D eigenvalue weighted by Crippen LogP contribution is -2.61. The summed E-state index contributed by atoms with van der Waals surface area (Å²) in [5.74, 6) is 0.00954. The van der Waals surface area contributed by atoms with Crippen LogP contribution in [0, 0.1) is 11.3 Å². The Labute approximate surface area is 72.2 Å². The molecular formula is C8H13N3O. The van der Waals surface area contributed by atoms with Gasteiger partial charge in [-0.05, 0) is 13.8 Å². The van der Waals surface area contributed by atoms with Gasteiger partial charge in [0.05, 0.1) is 11.6 Å². The normalized spacial score (nSPS) is 22.1. The monoisotopic (exact) mass is 167 g/mol. The molecule has 0 aromatic rings. The third-order valence-corrected chi connectivity index (χ3v) is 2.03. The lowest BCUT2D eigenvalue weighted by molar-refractivity contribution is -0.139. The van der Waals surface area contributed by atoms with Gasteiger partial charge in [0.15, 0.2) is 0 Å². The van der Waals surface area contributed by atoms with Crippen molar-refractivity contribution in [3.05, 3.63) is 0 Å². The van der Waals surface area contributed by atoms with Gasteiger partial charge in [0.2, 0.25) is 5.91 Å². The molecule has 0 atom stereocenters. The van der Waals surface area contributed by atoms with Crippen molar-refractivity contribution in [2.75, 3.05) is 19.6 Å². The number of nitriles is 1. The number of carbonyl (C=O) groups excluding carboxylic acids is 1. The quantitative estimate of drug-likeness (QED) is 0.546. The highest BCUT2D eigenvalue weighted by Crippen LogP contribution is 2.11. The van der Waals surface area contributed by atoms with Gasteiger partial charge < -0.3 is 10.2 Å². The van der Waals surface area contributed by atoms with Gasteiger partial charge in [0.25, 0.3) is 0 Å². The summed E-state index contributed by atoms with van der Waals surface area (Å²) in [6.07, 6.45) is 0. The summed E-state index contributed by atoms with van der Waals surface area (Å²) in [5.41, 5.74) is -0.505. The topological polar surface area (TPSA) is 56.1 Å². The van der Waals surface area contributed by atoms with Gasteiger partial charge >= 0.3 is 0 Å². The number of piperazine rings is 1. The molecule has 1 amide bonds. The fourth-order valence-corrected chi connectivity index (χ4v) is 1.31. The molecule has 1 saturated heterocycles. The van der Waals surface area contributed by atoms with Crippen LogP contribution in [0.3, 0.4) is 0 Å². The molecule has 0 bridgehead atoms. The zero-order valence-corrected chi connectivity index (χ0v) is 7.42. The summed E-state index contributed by atoms with van der Waals surface area (Å²) < 4.78 is 0. The maximum atomic E-state index is 11.5. The Morgan fingerprint density at radius 3 is 3.00 bits per heavy atom. The summed E-state index contributed by atoms with van der Waals surface area (Å²) in [6.45, 7) is 5.26. The SMILES string of the molecule is CC1(C)NCCN(CC#N)C1=O. The van der Waals surface area contributed by atoms with E-state index in [9.17, 15) is 4.79 Å². The molecule has 1 aliphatic rings. The lowest BCUT2D eigenvalue weighted by Gasteiger charge is -2.36. The fraction of sp³-hybridized carbons (Fsp3) is 0.750. The maximum absolute atomic E-state index is 11.5. The second kappa shape index (κ2) is 3.11. The molecule has 1 fully saturated rings. The summed E-state index contributed by atoms with van der Waals surface area (Å²) >= 11 is 0. The first-order valence-corrected chi connectivity index (χ1v) is 3.99. The average Bonchev–Trinajstić information content (AvgIpc) is 1.99. The van der Waals surface area contributed by atoms with E-state index in [2.05, 4.69) is 5.32 Å². The van der Waals surface area contributed by atoms with Crippen LogP contribution in [0.4, 0.5) is 0 Å². The first kappa shape index (κ1) is 9.01. The molecule has 66 valence electrons. The summed E-state index contributed by atoms with van der Waals surface area (Å²) in [7, 11) is 0. The van der Waals surface area contributed by atoms with E-state index in [0.717, 1.165) is 6.54 Å². The van der Waals surface area contributed by atoms with Gasteiger partial charge in [-0.1, -0.05) is 0 Å². The summed E-state index contributed by atoms with van der Waals surface area (Å²) in [6, 6.07) is 1.98. The van der Waals surface area contributed by atoms with Crippen LogP contribution in [-0.2, 0) is 4.79 Å². The first-order valence-electron chi connectivity index (χ1n) is 3.99. The molecule has 1 heterocycles. The van der Waals surface area contributed by atoms with Gasteiger partial charge in [-0.2, -0.15) is 5.26 Å². The molecule has 1 aliphatic heterocycles. The maximum Gasteiger partial charge on any atom is 0.243 e. The molecule has 0 unspecified atom stereocenters. The highest BCUT2D eigenvalue weighted by atomic mass is 16.2. The number of hydrogen-bond acceptors (Lipinski definition) is 3. The number of carbonyl (C=O) groups is 1. The van der Waals surface area contributed by atoms with E-state index in [4.69, 9.17) is 5.26 Å². The Morgan fingerprint density at radius 1 is 1.75 bits per heavy atom. The van der Waals surface area contributed by atoms with Gasteiger partial charge in [-0.3, -0.25) is 4.79 Å². The third kappa shape index (κ3) is 1.56. The van der Waals surface area contributed by atoms with E-state index in [1.165, 1.54) is 0 Å². The molecule has 0 radical (unpaired) electrons. The molecule has 0 spiro atoms. The third-order valence-electron chi connectivity index (χ3n) is 2.03. The second-order valence-corrected chi connectivity index (χ2v) is 3.44. The van der Waals surface area contributed by atoms with Crippen molar-refractivity contribution in [1.82, 2.24) is 10.2 Å². The van der Waals surface area contributed by atoms with E-state index < -0.39 is 5.54 Å². The van der Waals surface area contributed by atoms with Crippen LogP contribution in [0.25, 0.3) is 0 Å². The Balaban J connectivity index is 2.68. The van der Waals surface area contributed by atoms with Crippen molar-refractivity contribution in [2.24, 2.45) is 0 Å². The van der Waals surface area contributed by atoms with Crippen LogP contribution in [0.15, 0.2) is 0 Å². The van der Waals surface area contributed by atoms with E-state index in [1.807, 2.05) is 19.9 Å². The molecule has 1 N–H and O–H groups in total. The number of rotatable bonds is 1. The van der Waals surface area contributed by atoms with Crippen LogP contribution in [0.1, 0.15) is 13.8 Å². The standard InChI is InChI=1S/C8H13N3O/c1-8(2)7(12)11(5-3-9)6-4-10-8/h10H,4-6H2,1-2H3. The Morgan fingerprint density at radius 2 is 2.42 bits per heavy atom. The zero-order chi connectivity index (χ0) is 9.19. The Kier molecular flexibility index (Phi) is 2.34. The van der Waals surface area contributed by atoms with Crippen molar-refractivity contribution in [3.63, 3.8) is 0 Å². The fourth-order valence-electron chi connectivity index (χ4n) is 1.31. The number of amides is 1. The largest absolute Gasteiger partial charge is 0.327 e. The molecule has 0 aliphatic carbocycles. The van der Waals surface area contributed by atoms with Crippen molar-refractivity contribution < 1.29 is 4.79 Å². The van der Waals surface area contributed by atoms with E-state index in [0.29, 0.717) is 6.54 Å². The van der Waals surface area contributed by atoms with Crippen molar-refractivity contribution in [3.8, 4) is 6.07 Å². The van der Waals surface area contributed by atoms with Crippen molar-refractivity contribution in [1.29, 1.82) is 5.26 Å². The highest BCUT2D eigenvalue weighted by Gasteiger charge is 2.34. The molecule has 0 aromatic heterocycles. The van der Waals surface area contributed by atoms with Gasteiger partial charge in [0, 0.05) is 13.1 Å². The van der Waals surface area contributed by atoms with Crippen LogP contribution >= 0.6 is 0 Å². The molecule has 4 nitrogen and oxygen atoms in total. The molecule has 0 aromatic carbocycles. The molecule has 4 heteroatoms. The first-order chi connectivity index (χ1) is 5.58. The predicted molar refractivity (Wildman–Crippen MR) is 44.3 cm³/mol. The number of hydrogen-bond donors (Lipinski definition) is 1. The van der Waals surface area contributed by atoms with Crippen LogP contribution in [-0.4, -0.2) is 36.0 Å². The number of nitrogens with zero attached hydrogens (tertiary/aromatic N) is 2. The highest BCUT2D eigenvalue weighted by molar-refractivity contribution is 5.86. The molecule has 0 saturated carbocycles. The van der Waals surface area contributed by atoms with Crippen molar-refractivity contribution in [2.45, 2.75) is 19.4 Å². The minimum Gasteiger partial charge on any atom is -0.327 e. The van der Waals surface area contributed by atoms with E-state index in [-0.39, 0.29) is 12.5 Å². The van der Waals surface area contributed by atoms with Crippen molar-refractivity contribution >= 4 is 5.91 Å². The molecule has 1 rings (SSSR count). The zero-order valence-electron chi connectivity index (χ0n) is 7.42. The minimum absolute atomic E-state index is 0.00954. The van der Waals surface area contributed by atoms with Crippen LogP contribution < -0.4 is 5.32 Å². The Bertz CT molecular complexity index is 229. The van der Waals surface area contributed by atoms with E-state index in [1.54, 1.807) is 4.90 Å².